The molecule has 4 aliphatic heterocycles. The summed E-state index contributed by atoms with van der Waals surface area (Å²) in [5.41, 5.74) is 21.2. The van der Waals surface area contributed by atoms with Crippen LogP contribution in [0.25, 0.3) is 0 Å². The number of hydrogen-bond acceptors (Lipinski definition) is 21. The van der Waals surface area contributed by atoms with Crippen LogP contribution in [0.1, 0.15) is 99.9 Å². The number of carbonyl (C=O) groups is 6. The van der Waals surface area contributed by atoms with E-state index in [1.54, 1.807) is 152 Å². The monoisotopic (exact) mass is 2050 g/mol. The molecule has 9 aromatic rings. The minimum absolute atomic E-state index is 0. The predicted octanol–water partition coefficient (Wildman–Crippen LogP) is 17.7. The van der Waals surface area contributed by atoms with Gasteiger partial charge in [-0.05, 0) is 180 Å². The van der Waals surface area contributed by atoms with Gasteiger partial charge >= 0.3 is 11.9 Å². The molecule has 0 unspecified atom stereocenters. The highest BCUT2D eigenvalue weighted by Crippen LogP contribution is 2.35. The average molecular weight is 2060 g/mol. The van der Waals surface area contributed by atoms with E-state index in [2.05, 4.69) is 36.3 Å². The minimum Gasteiger partial charge on any atom is -0.461 e. The van der Waals surface area contributed by atoms with Gasteiger partial charge < -0.3 is 66.0 Å². The molecule has 0 spiro atoms. The van der Waals surface area contributed by atoms with Crippen LogP contribution in [0.15, 0.2) is 188 Å². The third kappa shape index (κ3) is 34.4. The van der Waals surface area contributed by atoms with E-state index in [9.17, 15) is 49.1 Å². The number of esters is 2. The van der Waals surface area contributed by atoms with Gasteiger partial charge in [-0.25, -0.2) is 0 Å². The number of nitrogens with zero attached hydrogens (tertiary/aromatic N) is 8. The number of nitrogen functional groups attached to an aromatic ring is 2. The third-order valence-corrected chi connectivity index (χ3v) is 26.9. The van der Waals surface area contributed by atoms with E-state index in [4.69, 9.17) is 146 Å². The number of nitrogens with one attached hydrogen (secondary N) is 2. The maximum Gasteiger partial charge on any atom is 0.310 e. The van der Waals surface area contributed by atoms with Crippen molar-refractivity contribution >= 4 is 187 Å². The van der Waals surface area contributed by atoms with E-state index in [0.29, 0.717) is 157 Å². The Kier molecular flexibility index (Phi) is 44.1. The van der Waals surface area contributed by atoms with Crippen LogP contribution < -0.4 is 22.1 Å². The molecule has 9 aromatic carbocycles. The second-order valence-corrected chi connectivity index (χ2v) is 37.2. The lowest BCUT2D eigenvalue weighted by molar-refractivity contribution is -0.385. The number of β-amino-alcohol motifs (C(OH)–C–C–N with tert-alkyl or cyclic N) is 2. The molecule has 0 bridgehead atoms. The fraction of sp³-hybridized carbons (Fsp3) is 0.381. The molecule has 4 aliphatic rings. The lowest BCUT2D eigenvalue weighted by Gasteiger charge is -2.32. The molecule has 8 atom stereocenters. The summed E-state index contributed by atoms with van der Waals surface area (Å²) in [7, 11) is 8.76. The summed E-state index contributed by atoms with van der Waals surface area (Å²) in [5, 5.41) is 41.2. The minimum atomic E-state index is -0.490. The standard InChI is InChI=1S/C29H27Cl4N3O5.C29H29Cl4N3O3.C26H33Cl2N3O5.C13H21N3O.ClH/c1-34(28(37)13-18-5-7-23(30)25(32)11-18)27(20-3-2-4-21(15-20)36(39)40)17-35-10-9-22(16-35)41-29(38)14-19-6-8-24(31)26(33)12-19;1-35(28(37)13-18-5-7-23(30)25(32)11-18)27(20-3-2-4-21(34)15-20)17-36-10-9-22(16-36)39-29(38)14-19-6-8-24(31)26(33)12-19;1-30(26(34)13-18-6-7-22(27)23(28)12-18)24(16-31-9-8-21(32)15-31)19-4-3-5-20(14-19)29-25(33)17-36-11-10-35-2;1-15-13(9-16-6-5-12(17)8-16)10-3-2-4-11(14)7-10;/h2-8,11-12,15,22,27H,9-10,13-14,16-17H2,1H3;2-8,11-12,15,22,27H,9-10,13-14,16-17,34H2,1H3;3-7,12,14,21,24,32H,8-11,13,15-17H2,1-2H3,(H,29,33);2-4,7,12-13,15,17H,5-6,8-9,14H2,1H3;1H/t2*22-,27+;21-,24+;12-,13+;/m0000./s1. The summed E-state index contributed by atoms with van der Waals surface area (Å²) in [5.74, 6) is -1.31. The fourth-order valence-corrected chi connectivity index (χ4v) is 17.6. The van der Waals surface area contributed by atoms with Crippen molar-refractivity contribution < 1.29 is 62.9 Å². The molecule has 4 saturated heterocycles. The first-order chi connectivity index (χ1) is 63.5. The van der Waals surface area contributed by atoms with E-state index >= 15 is 0 Å². The number of amides is 4. The summed E-state index contributed by atoms with van der Waals surface area (Å²) in [4.78, 5) is 102. The first kappa shape index (κ1) is 109. The Balaban J connectivity index is 0.000000207. The summed E-state index contributed by atoms with van der Waals surface area (Å²) >= 11 is 60.5. The molecule has 8 N–H and O–H groups in total. The number of benzene rings is 9. The molecule has 720 valence electrons. The topological polar surface area (TPSA) is 322 Å². The average Bonchev–Trinajstić information content (AvgIpc) is 1.78. The van der Waals surface area contributed by atoms with Crippen molar-refractivity contribution in [1.82, 2.24) is 39.6 Å². The Morgan fingerprint density at radius 1 is 0.440 bits per heavy atom. The zero-order valence-corrected chi connectivity index (χ0v) is 83.1. The van der Waals surface area contributed by atoms with Gasteiger partial charge in [-0.15, -0.1) is 12.4 Å². The highest BCUT2D eigenvalue weighted by molar-refractivity contribution is 6.44. The SMILES string of the molecule is CN(C(=O)Cc1ccc(Cl)c(Cl)c1)[C@H](CN1CC[C@H](OC(=O)Cc2ccc(Cl)c(Cl)c2)C1)c1cccc(N)c1.CN(C(=O)Cc1ccc(Cl)c(Cl)c1)[C@H](CN1CC[C@H](OC(=O)Cc2ccc(Cl)c(Cl)c2)C1)c1cccc([N+](=O)[O-])c1.CN[C@H](CN1CC[C@H](O)C1)c1cccc(N)c1.COCCOCC(=O)Nc1cccc([C@@H](CN2CC[C@H](O)C2)N(C)C(=O)Cc2ccc(Cl)c(Cl)c2)c1.Cl. The Morgan fingerprint density at radius 2 is 0.784 bits per heavy atom. The molecular formula is C97H111Cl11N12O14. The summed E-state index contributed by atoms with van der Waals surface area (Å²) < 4.78 is 21.7. The molecule has 4 heterocycles. The van der Waals surface area contributed by atoms with Crippen LogP contribution in [0.4, 0.5) is 22.7 Å². The summed E-state index contributed by atoms with van der Waals surface area (Å²) in [6, 6.07) is 54.0. The molecule has 0 aromatic heterocycles. The van der Waals surface area contributed by atoms with Crippen LogP contribution in [-0.4, -0.2) is 243 Å². The largest absolute Gasteiger partial charge is 0.461 e. The van der Waals surface area contributed by atoms with Crippen LogP contribution in [0.5, 0.6) is 0 Å². The van der Waals surface area contributed by atoms with E-state index < -0.39 is 11.0 Å². The first-order valence-corrected chi connectivity index (χ1v) is 47.0. The van der Waals surface area contributed by atoms with Crippen molar-refractivity contribution in [3.63, 3.8) is 0 Å². The van der Waals surface area contributed by atoms with E-state index in [1.165, 1.54) is 17.7 Å². The quantitative estimate of drug-likeness (QED) is 0.00706. The number of nitro groups is 1. The van der Waals surface area contributed by atoms with Crippen LogP contribution in [0.3, 0.4) is 0 Å². The molecule has 0 radical (unpaired) electrons. The molecule has 37 heteroatoms. The van der Waals surface area contributed by atoms with E-state index in [0.717, 1.165) is 72.6 Å². The number of ether oxygens (including phenoxy) is 4. The number of anilines is 3. The smallest absolute Gasteiger partial charge is 0.310 e. The van der Waals surface area contributed by atoms with Gasteiger partial charge in [0.2, 0.25) is 23.6 Å². The summed E-state index contributed by atoms with van der Waals surface area (Å²) in [6.45, 7) is 8.55. The molecule has 134 heavy (non-hydrogen) atoms. The number of hydrogen-bond donors (Lipinski definition) is 6. The lowest BCUT2D eigenvalue weighted by atomic mass is 10.0. The van der Waals surface area contributed by atoms with Gasteiger partial charge in [-0.1, -0.05) is 195 Å². The number of nitrogens with two attached hydrogens (primary N) is 2. The van der Waals surface area contributed by atoms with Crippen molar-refractivity contribution in [2.45, 2.75) is 106 Å². The highest BCUT2D eigenvalue weighted by Gasteiger charge is 2.36. The van der Waals surface area contributed by atoms with Crippen molar-refractivity contribution in [2.24, 2.45) is 0 Å². The van der Waals surface area contributed by atoms with Crippen LogP contribution >= 0.6 is 128 Å². The van der Waals surface area contributed by atoms with Gasteiger partial charge in [0.1, 0.15) is 18.8 Å². The van der Waals surface area contributed by atoms with Crippen LogP contribution in [0, 0.1) is 10.1 Å². The molecule has 4 amide bonds. The second-order valence-electron chi connectivity index (χ2n) is 33.2. The molecule has 4 fully saturated rings. The maximum absolute atomic E-state index is 13.4. The van der Waals surface area contributed by atoms with Gasteiger partial charge in [-0.2, -0.15) is 0 Å². The molecule has 0 aliphatic carbocycles. The third-order valence-electron chi connectivity index (χ3n) is 23.2. The van der Waals surface area contributed by atoms with Gasteiger partial charge in [0.05, 0.1) is 131 Å². The number of halogens is 11. The van der Waals surface area contributed by atoms with Crippen molar-refractivity contribution in [2.75, 3.05) is 150 Å². The fourth-order valence-electron chi connectivity index (χ4n) is 16.0. The Morgan fingerprint density at radius 3 is 1.15 bits per heavy atom. The highest BCUT2D eigenvalue weighted by atomic mass is 35.5. The molecular weight excluding hydrogens is 1950 g/mol. The summed E-state index contributed by atoms with van der Waals surface area (Å²) in [6.07, 6.45) is 2.43. The number of likely N-dealkylation sites (N-methyl/N-ethyl adjacent to an activating group) is 4. The molecule has 0 saturated carbocycles. The molecule has 26 nitrogen and oxygen atoms in total. The van der Waals surface area contributed by atoms with Gasteiger partial charge in [0.25, 0.3) is 5.69 Å². The van der Waals surface area contributed by atoms with Crippen LogP contribution in [-0.2, 0) is 79.8 Å². The Labute approximate surface area is 838 Å². The first-order valence-electron chi connectivity index (χ1n) is 43.2. The zero-order valence-electron chi connectivity index (χ0n) is 74.7. The van der Waals surface area contributed by atoms with E-state index in [1.807, 2.05) is 67.7 Å². The van der Waals surface area contributed by atoms with Gasteiger partial charge in [0, 0.05) is 142 Å². The number of nitro benzene ring substituents is 1. The number of methoxy groups -OCH3 is 1. The lowest BCUT2D eigenvalue weighted by Crippen LogP contribution is -2.39. The number of rotatable bonds is 35. The number of carbonyl (C=O) groups excluding carboxylic acids is 6. The Hall–Kier alpha value is -8.37. The van der Waals surface area contributed by atoms with Crippen molar-refractivity contribution in [3.8, 4) is 0 Å². The Bertz CT molecular complexity index is 5470. The number of aliphatic hydroxyl groups excluding tert-OH is 2. The molecule has 13 rings (SSSR count). The van der Waals surface area contributed by atoms with Gasteiger partial charge in [0.15, 0.2) is 0 Å². The normalized spacial score (nSPS) is 16.9. The van der Waals surface area contributed by atoms with Crippen molar-refractivity contribution in [1.29, 1.82) is 0 Å². The van der Waals surface area contributed by atoms with E-state index in [-0.39, 0.29) is 135 Å². The number of non-ortho nitro benzene ring substituents is 1. The second kappa shape index (κ2) is 54.1. The van der Waals surface area contributed by atoms with Gasteiger partial charge in [-0.3, -0.25) is 58.5 Å². The zero-order chi connectivity index (χ0) is 96.1. The number of likely N-dealkylation sites (tertiary alicyclic amines) is 4. The van der Waals surface area contributed by atoms with Crippen molar-refractivity contribution in [3.05, 3.63) is 298 Å². The van der Waals surface area contributed by atoms with Crippen LogP contribution in [0.2, 0.25) is 50.2 Å². The predicted molar refractivity (Wildman–Crippen MR) is 535 cm³/mol. The maximum atomic E-state index is 13.4. The number of aliphatic hydroxyl groups is 2.